The third-order valence-electron chi connectivity index (χ3n) is 6.43. The molecule has 10 heteroatoms. The number of ether oxygens (including phenoxy) is 4. The molecule has 6 rings (SSSR count). The van der Waals surface area contributed by atoms with E-state index in [-0.39, 0.29) is 12.8 Å². The van der Waals surface area contributed by atoms with Gasteiger partial charge in [0, 0.05) is 6.20 Å². The van der Waals surface area contributed by atoms with Crippen LogP contribution in [0.1, 0.15) is 24.8 Å². The molecule has 2 aliphatic heterocycles. The predicted molar refractivity (Wildman–Crippen MR) is 145 cm³/mol. The second-order valence-electron chi connectivity index (χ2n) is 9.08. The fourth-order valence-electron chi connectivity index (χ4n) is 4.50. The van der Waals surface area contributed by atoms with Crippen LogP contribution in [0.2, 0.25) is 0 Å². The Morgan fingerprint density at radius 3 is 2.82 bits per heavy atom. The van der Waals surface area contributed by atoms with E-state index in [1.807, 2.05) is 47.4 Å². The molecule has 1 atom stereocenters. The van der Waals surface area contributed by atoms with Gasteiger partial charge in [-0.15, -0.1) is 5.10 Å². The van der Waals surface area contributed by atoms with E-state index in [2.05, 4.69) is 38.7 Å². The summed E-state index contributed by atoms with van der Waals surface area (Å²) < 4.78 is 22.2. The molecular formula is C29H28N6O4. The van der Waals surface area contributed by atoms with E-state index >= 15 is 0 Å². The molecule has 2 N–H and O–H groups in total. The number of benzene rings is 1. The molecule has 3 aliphatic rings. The third-order valence-corrected chi connectivity index (χ3v) is 6.43. The highest BCUT2D eigenvalue weighted by Crippen LogP contribution is 2.30. The fraction of sp³-hybridized carbons (Fsp3) is 0.207. The van der Waals surface area contributed by atoms with Crippen molar-refractivity contribution in [1.29, 1.82) is 0 Å². The molecular weight excluding hydrogens is 496 g/mol. The van der Waals surface area contributed by atoms with Gasteiger partial charge in [-0.3, -0.25) is 10.00 Å². The van der Waals surface area contributed by atoms with Gasteiger partial charge in [0.05, 0.1) is 18.2 Å². The molecule has 1 aromatic carbocycles. The summed E-state index contributed by atoms with van der Waals surface area (Å²) in [6.07, 6.45) is 17.2. The molecule has 0 radical (unpaired) electrons. The Morgan fingerprint density at radius 2 is 2.03 bits per heavy atom. The summed E-state index contributed by atoms with van der Waals surface area (Å²) in [7, 11) is 0. The van der Waals surface area contributed by atoms with Crippen LogP contribution >= 0.6 is 0 Å². The van der Waals surface area contributed by atoms with Gasteiger partial charge in [0.1, 0.15) is 30.9 Å². The number of anilines is 2. The highest BCUT2D eigenvalue weighted by molar-refractivity contribution is 5.71. The molecule has 0 saturated carbocycles. The van der Waals surface area contributed by atoms with Crippen molar-refractivity contribution in [3.8, 4) is 11.4 Å². The highest BCUT2D eigenvalue weighted by atomic mass is 16.7. The molecule has 0 saturated heterocycles. The van der Waals surface area contributed by atoms with Crippen LogP contribution in [0, 0.1) is 0 Å². The van der Waals surface area contributed by atoms with Gasteiger partial charge in [0.25, 0.3) is 5.95 Å². The van der Waals surface area contributed by atoms with Gasteiger partial charge in [0.15, 0.2) is 11.6 Å². The Balaban J connectivity index is 1.28. The van der Waals surface area contributed by atoms with Crippen molar-refractivity contribution >= 4 is 11.8 Å². The molecule has 0 spiro atoms. The predicted octanol–water partition coefficient (Wildman–Crippen LogP) is 5.48. The number of nitrogens with zero attached hydrogens (tertiary/aromatic N) is 4. The number of aromatic nitrogens is 4. The molecule has 0 bridgehead atoms. The first-order chi connectivity index (χ1) is 19.3. The van der Waals surface area contributed by atoms with E-state index in [0.717, 1.165) is 30.4 Å². The normalized spacial score (nSPS) is 16.6. The number of pyridine rings is 1. The molecule has 4 heterocycles. The largest absolute Gasteiger partial charge is 0.466 e. The van der Waals surface area contributed by atoms with Crippen molar-refractivity contribution in [2.45, 2.75) is 31.8 Å². The van der Waals surface area contributed by atoms with Gasteiger partial charge < -0.3 is 24.3 Å². The summed E-state index contributed by atoms with van der Waals surface area (Å²) in [5.74, 6) is 2.87. The summed E-state index contributed by atoms with van der Waals surface area (Å²) in [5.41, 5.74) is 3.16. The fourth-order valence-corrected chi connectivity index (χ4v) is 4.50. The second-order valence-corrected chi connectivity index (χ2v) is 9.08. The van der Waals surface area contributed by atoms with Crippen molar-refractivity contribution in [2.75, 3.05) is 17.0 Å². The maximum Gasteiger partial charge on any atom is 0.252 e. The number of H-pyrrole nitrogens is 1. The van der Waals surface area contributed by atoms with Crippen LogP contribution in [0.15, 0.2) is 109 Å². The van der Waals surface area contributed by atoms with Crippen LogP contribution in [-0.2, 0) is 25.5 Å². The Kier molecular flexibility index (Phi) is 7.24. The van der Waals surface area contributed by atoms with E-state index in [4.69, 9.17) is 23.9 Å². The number of aromatic amines is 1. The van der Waals surface area contributed by atoms with Gasteiger partial charge in [0.2, 0.25) is 12.7 Å². The SMILES string of the molecule is C1=CCCC(CC(Nc2ncccc2-c2nc(N(Cc3ccccc3)C3=COCO3)n[nH]2)C2=COC=CO2)=C1. The Morgan fingerprint density at radius 1 is 1.08 bits per heavy atom. The van der Waals surface area contributed by atoms with Crippen molar-refractivity contribution in [1.82, 2.24) is 20.2 Å². The van der Waals surface area contributed by atoms with E-state index in [1.54, 1.807) is 18.7 Å². The van der Waals surface area contributed by atoms with Gasteiger partial charge in [-0.05, 0) is 37.0 Å². The smallest absolute Gasteiger partial charge is 0.252 e. The highest BCUT2D eigenvalue weighted by Gasteiger charge is 2.25. The van der Waals surface area contributed by atoms with E-state index in [1.165, 1.54) is 18.1 Å². The molecule has 0 amide bonds. The summed E-state index contributed by atoms with van der Waals surface area (Å²) in [6.45, 7) is 0.662. The number of hydrogen-bond donors (Lipinski definition) is 2. The first-order valence-corrected chi connectivity index (χ1v) is 12.8. The van der Waals surface area contributed by atoms with E-state index < -0.39 is 0 Å². The lowest BCUT2D eigenvalue weighted by Crippen LogP contribution is -2.26. The Labute approximate surface area is 226 Å². The van der Waals surface area contributed by atoms with Crippen LogP contribution in [0.25, 0.3) is 11.4 Å². The zero-order valence-corrected chi connectivity index (χ0v) is 21.2. The molecule has 2 aromatic heterocycles. The quantitative estimate of drug-likeness (QED) is 0.356. The zero-order chi connectivity index (χ0) is 26.3. The number of allylic oxidation sites excluding steroid dienone is 3. The molecule has 39 heavy (non-hydrogen) atoms. The number of rotatable bonds is 10. The molecule has 198 valence electrons. The summed E-state index contributed by atoms with van der Waals surface area (Å²) in [4.78, 5) is 11.3. The third kappa shape index (κ3) is 5.80. The van der Waals surface area contributed by atoms with Gasteiger partial charge in [-0.2, -0.15) is 4.98 Å². The molecule has 1 aliphatic carbocycles. The minimum atomic E-state index is -0.201. The topological polar surface area (TPSA) is 107 Å². The van der Waals surface area contributed by atoms with Crippen LogP contribution in [-0.4, -0.2) is 33.0 Å². The minimum absolute atomic E-state index is 0.152. The van der Waals surface area contributed by atoms with Crippen molar-refractivity contribution in [3.05, 3.63) is 115 Å². The summed E-state index contributed by atoms with van der Waals surface area (Å²) >= 11 is 0. The van der Waals surface area contributed by atoms with Gasteiger partial charge in [-0.25, -0.2) is 4.98 Å². The van der Waals surface area contributed by atoms with Gasteiger partial charge >= 0.3 is 0 Å². The van der Waals surface area contributed by atoms with Gasteiger partial charge in [-0.1, -0.05) is 54.1 Å². The van der Waals surface area contributed by atoms with Crippen LogP contribution in [0.5, 0.6) is 0 Å². The molecule has 10 nitrogen and oxygen atoms in total. The Hall–Kier alpha value is -4.99. The monoisotopic (exact) mass is 524 g/mol. The molecule has 0 fully saturated rings. The van der Waals surface area contributed by atoms with Crippen molar-refractivity contribution in [2.24, 2.45) is 0 Å². The lowest BCUT2D eigenvalue weighted by molar-refractivity contribution is 0.0780. The average molecular weight is 525 g/mol. The Bertz CT molecular complexity index is 1440. The van der Waals surface area contributed by atoms with E-state index in [9.17, 15) is 0 Å². The molecule has 1 unspecified atom stereocenters. The van der Waals surface area contributed by atoms with Crippen molar-refractivity contribution in [3.63, 3.8) is 0 Å². The lowest BCUT2D eigenvalue weighted by Gasteiger charge is -2.24. The number of hydrogen-bond acceptors (Lipinski definition) is 9. The minimum Gasteiger partial charge on any atom is -0.466 e. The summed E-state index contributed by atoms with van der Waals surface area (Å²) in [6, 6.07) is 13.7. The molecule has 3 aromatic rings. The standard InChI is InChI=1S/C29H28N6O4/c1-3-8-21(9-4-1)16-24(25-18-36-14-15-38-25)31-27-23(12-7-13-30-27)28-32-29(34-33-28)35(26-19-37-20-39-26)17-22-10-5-2-6-11-22/h1-3,5-8,10-15,18-19,24H,4,9,16-17,20H2,(H,30,31)(H,32,33,34). The van der Waals surface area contributed by atoms with Crippen molar-refractivity contribution < 1.29 is 18.9 Å². The maximum atomic E-state index is 5.79. The zero-order valence-electron chi connectivity index (χ0n) is 21.2. The maximum absolute atomic E-state index is 5.79. The first-order valence-electron chi connectivity index (χ1n) is 12.8. The number of nitrogens with one attached hydrogen (secondary N) is 2. The van der Waals surface area contributed by atoms with Crippen LogP contribution in [0.4, 0.5) is 11.8 Å². The van der Waals surface area contributed by atoms with E-state index in [0.29, 0.717) is 35.8 Å². The average Bonchev–Trinajstić information content (AvgIpc) is 3.71. The first kappa shape index (κ1) is 24.4. The van der Waals surface area contributed by atoms with Crippen LogP contribution in [0.3, 0.4) is 0 Å². The lowest BCUT2D eigenvalue weighted by atomic mass is 9.97. The summed E-state index contributed by atoms with van der Waals surface area (Å²) in [5, 5.41) is 11.1. The second kappa shape index (κ2) is 11.6. The van der Waals surface area contributed by atoms with Crippen LogP contribution < -0.4 is 10.2 Å².